The van der Waals surface area contributed by atoms with Crippen LogP contribution in [0.15, 0.2) is 437 Å². The van der Waals surface area contributed by atoms with Crippen LogP contribution in [-0.4, -0.2) is 0 Å². The number of benzene rings is 26. The minimum absolute atomic E-state index is 0.0922. The molecule has 0 amide bonds. The van der Waals surface area contributed by atoms with Crippen molar-refractivity contribution in [3.63, 3.8) is 0 Å². The Kier molecular flexibility index (Phi) is 15.9. The van der Waals surface area contributed by atoms with Crippen LogP contribution >= 0.6 is 0 Å². The molecule has 1 aliphatic carbocycles. The molecule has 0 heteroatoms. The smallest absolute Gasteiger partial charge is 0.0159 e. The Hall–Kier alpha value is -15.6. The number of hydrogen-bond donors (Lipinski definition) is 0. The minimum Gasteiger partial charge on any atom is -0.0616 e. The monoisotopic (exact) mass is 1550 g/mol. The first kappa shape index (κ1) is 70.4. The van der Waals surface area contributed by atoms with Crippen molar-refractivity contribution in [2.24, 2.45) is 0 Å². The van der Waals surface area contributed by atoms with Crippen LogP contribution in [0.5, 0.6) is 0 Å². The summed E-state index contributed by atoms with van der Waals surface area (Å²) in [4.78, 5) is 0. The van der Waals surface area contributed by atoms with Gasteiger partial charge in [0.2, 0.25) is 0 Å². The molecule has 0 radical (unpaired) electrons. The van der Waals surface area contributed by atoms with E-state index >= 15 is 0 Å². The summed E-state index contributed by atoms with van der Waals surface area (Å²) >= 11 is 0. The third-order valence-corrected chi connectivity index (χ3v) is 27.4. The fourth-order valence-electron chi connectivity index (χ4n) is 21.4. The van der Waals surface area contributed by atoms with E-state index in [1.54, 1.807) is 0 Å². The van der Waals surface area contributed by atoms with Crippen LogP contribution in [0.2, 0.25) is 0 Å². The van der Waals surface area contributed by atoms with E-state index < -0.39 is 0 Å². The van der Waals surface area contributed by atoms with Gasteiger partial charge < -0.3 is 0 Å². The van der Waals surface area contributed by atoms with Crippen molar-refractivity contribution in [1.29, 1.82) is 0 Å². The summed E-state index contributed by atoms with van der Waals surface area (Å²) in [5.74, 6) is 0. The highest BCUT2D eigenvalue weighted by Gasteiger charge is 2.36. The average molecular weight is 1560 g/mol. The molecule has 570 valence electrons. The Balaban J connectivity index is 0.000000102. The van der Waals surface area contributed by atoms with Crippen LogP contribution in [0.25, 0.3) is 251 Å². The van der Waals surface area contributed by atoms with Crippen molar-refractivity contribution in [3.05, 3.63) is 448 Å². The van der Waals surface area contributed by atoms with Gasteiger partial charge in [-0.2, -0.15) is 0 Å². The van der Waals surface area contributed by atoms with Gasteiger partial charge in [0, 0.05) is 5.41 Å². The predicted octanol–water partition coefficient (Wildman–Crippen LogP) is 34.6. The number of rotatable bonds is 7. The van der Waals surface area contributed by atoms with Gasteiger partial charge in [0.1, 0.15) is 0 Å². The molecule has 0 saturated heterocycles. The van der Waals surface area contributed by atoms with Crippen LogP contribution in [0.4, 0.5) is 0 Å². The first-order valence-corrected chi connectivity index (χ1v) is 43.1. The van der Waals surface area contributed by atoms with Crippen LogP contribution < -0.4 is 0 Å². The standard InChI is InChI=1S/C46H28.C41H28.C36H22/c1-3-11-33-26-35(18-16-29(33)8-1)38-22-20-32-21-23-42-44(39-15-7-13-31-10-5-6-14-37(31)39)28-43(41-25-24-40(38)45(32)46(41)42)36-19-17-30-9-2-4-12-34(30)27-36;1-41(2)37-23-29(32-12-6-8-25-7-3-4-11-31(25)32)17-20-34(37)35-21-18-30(24-38(35)41)33-19-15-28-14-13-26-9-5-10-27-16-22-36(33)40(28)39(26)27;1-2-8-27-22-28(13-12-23(27)6-1)30-18-14-25-17-21-34-32(19-15-26-16-20-33(30)35(25)36(26)34)31-11-5-9-24-7-3-4-10-29(24)31/h1-28H;3-24H,1-2H3;1-22H. The molecule has 0 atom stereocenters. The maximum Gasteiger partial charge on any atom is 0.0159 e. The average Bonchev–Trinajstić information content (AvgIpc) is 1.69. The van der Waals surface area contributed by atoms with Crippen molar-refractivity contribution in [2.75, 3.05) is 0 Å². The quantitative estimate of drug-likeness (QED) is 0.140. The molecule has 0 heterocycles. The second-order valence-corrected chi connectivity index (χ2v) is 34.4. The van der Waals surface area contributed by atoms with Gasteiger partial charge in [-0.05, 0) is 298 Å². The van der Waals surface area contributed by atoms with Crippen molar-refractivity contribution < 1.29 is 0 Å². The highest BCUT2D eigenvalue weighted by Crippen LogP contribution is 2.54. The molecule has 26 aromatic rings. The SMILES string of the molecule is CC1(C)c2cc(-c3cccc4ccccc34)ccc2-c2ccc(-c3ccc4ccc5cccc6ccc3c4c56)cc21.c1ccc2cc(-c3ccc4ccc5c(-c6cccc7ccccc67)cc(-c6ccc7ccccc7c6)c6ccc3c4c65)ccc2c1.c1ccc2cc(-c3ccc4ccc5c(-c6cccc7ccccc67)ccc6ccc3c4c65)ccc2c1. The van der Waals surface area contributed by atoms with Gasteiger partial charge in [0.25, 0.3) is 0 Å². The molecule has 27 rings (SSSR count). The Morgan fingerprint density at radius 2 is 0.358 bits per heavy atom. The fourth-order valence-corrected chi connectivity index (χ4v) is 21.4. The highest BCUT2D eigenvalue weighted by molar-refractivity contribution is 6.32. The van der Waals surface area contributed by atoms with E-state index in [-0.39, 0.29) is 5.41 Å². The van der Waals surface area contributed by atoms with Crippen LogP contribution in [0, 0.1) is 0 Å². The predicted molar refractivity (Wildman–Crippen MR) is 531 cm³/mol. The lowest BCUT2D eigenvalue weighted by Crippen LogP contribution is -2.15. The first-order chi connectivity index (χ1) is 60.7. The summed E-state index contributed by atoms with van der Waals surface area (Å²) < 4.78 is 0. The van der Waals surface area contributed by atoms with Gasteiger partial charge in [-0.15, -0.1) is 0 Å². The van der Waals surface area contributed by atoms with Gasteiger partial charge >= 0.3 is 0 Å². The molecule has 0 nitrogen and oxygen atoms in total. The van der Waals surface area contributed by atoms with Crippen molar-refractivity contribution >= 4 is 162 Å². The highest BCUT2D eigenvalue weighted by atomic mass is 14.4. The van der Waals surface area contributed by atoms with Crippen molar-refractivity contribution in [2.45, 2.75) is 19.3 Å². The van der Waals surface area contributed by atoms with Gasteiger partial charge in [0.05, 0.1) is 0 Å². The number of hydrogen-bond acceptors (Lipinski definition) is 0. The lowest BCUT2D eigenvalue weighted by atomic mass is 9.80. The van der Waals surface area contributed by atoms with Crippen LogP contribution in [-0.2, 0) is 5.41 Å². The summed E-state index contributed by atoms with van der Waals surface area (Å²) in [6.45, 7) is 4.77. The zero-order valence-corrected chi connectivity index (χ0v) is 68.1. The largest absolute Gasteiger partial charge is 0.0616 e. The Morgan fingerprint density at radius 1 is 0.122 bits per heavy atom. The molecule has 0 spiro atoms. The molecular weight excluding hydrogens is 1480 g/mol. The van der Waals surface area contributed by atoms with E-state index in [4.69, 9.17) is 0 Å². The van der Waals surface area contributed by atoms with E-state index in [9.17, 15) is 0 Å². The second-order valence-electron chi connectivity index (χ2n) is 34.4. The fraction of sp³-hybridized carbons (Fsp3) is 0.0244. The maximum atomic E-state index is 2.46. The zero-order chi connectivity index (χ0) is 81.1. The summed E-state index contributed by atoms with van der Waals surface area (Å²) in [7, 11) is 0. The lowest BCUT2D eigenvalue weighted by Gasteiger charge is -2.23. The lowest BCUT2D eigenvalue weighted by molar-refractivity contribution is 0.661. The number of fused-ring (bicyclic) bond motifs is 9. The zero-order valence-electron chi connectivity index (χ0n) is 68.1. The molecule has 0 aliphatic heterocycles. The topological polar surface area (TPSA) is 0 Å². The van der Waals surface area contributed by atoms with E-state index in [2.05, 4.69) is 451 Å². The summed E-state index contributed by atoms with van der Waals surface area (Å²) in [5, 5.41) is 39.1. The Bertz CT molecular complexity index is 8820. The molecule has 123 heavy (non-hydrogen) atoms. The maximum absolute atomic E-state index is 2.46. The van der Waals surface area contributed by atoms with E-state index in [1.807, 2.05) is 0 Å². The Morgan fingerprint density at radius 3 is 0.805 bits per heavy atom. The Labute approximate surface area is 712 Å². The molecule has 0 fully saturated rings. The summed E-state index contributed by atoms with van der Waals surface area (Å²) in [6, 6.07) is 162. The molecule has 0 unspecified atom stereocenters. The molecule has 0 N–H and O–H groups in total. The molecule has 0 aromatic heterocycles. The third kappa shape index (κ3) is 11.2. The molecule has 26 aromatic carbocycles. The van der Waals surface area contributed by atoms with Gasteiger partial charge in [-0.25, -0.2) is 0 Å². The molecule has 0 bridgehead atoms. The normalized spacial score (nSPS) is 12.5. The van der Waals surface area contributed by atoms with Gasteiger partial charge in [-0.1, -0.05) is 414 Å². The van der Waals surface area contributed by atoms with Gasteiger partial charge in [-0.3, -0.25) is 0 Å². The molecular formula is C123H78. The van der Waals surface area contributed by atoms with Gasteiger partial charge in [0.15, 0.2) is 0 Å². The van der Waals surface area contributed by atoms with Crippen molar-refractivity contribution in [3.8, 4) is 89.0 Å². The minimum atomic E-state index is -0.0922. The molecule has 0 saturated carbocycles. The van der Waals surface area contributed by atoms with Crippen LogP contribution in [0.1, 0.15) is 25.0 Å². The summed E-state index contributed by atoms with van der Waals surface area (Å²) in [5.41, 5.74) is 23.3. The molecule has 1 aliphatic rings. The second kappa shape index (κ2) is 27.7. The van der Waals surface area contributed by atoms with Crippen LogP contribution in [0.3, 0.4) is 0 Å². The summed E-state index contributed by atoms with van der Waals surface area (Å²) in [6.07, 6.45) is 0. The first-order valence-electron chi connectivity index (χ1n) is 43.1. The third-order valence-electron chi connectivity index (χ3n) is 27.4. The van der Waals surface area contributed by atoms with E-state index in [0.29, 0.717) is 0 Å². The van der Waals surface area contributed by atoms with E-state index in [0.717, 1.165) is 0 Å². The van der Waals surface area contributed by atoms with Crippen molar-refractivity contribution in [1.82, 2.24) is 0 Å². The van der Waals surface area contributed by atoms with E-state index in [1.165, 1.54) is 262 Å².